The summed E-state index contributed by atoms with van der Waals surface area (Å²) in [6.07, 6.45) is 0. The van der Waals surface area contributed by atoms with Crippen LogP contribution in [-0.4, -0.2) is 26.3 Å². The van der Waals surface area contributed by atoms with Crippen LogP contribution in [-0.2, 0) is 0 Å². The summed E-state index contributed by atoms with van der Waals surface area (Å²) in [6.45, 7) is 5.99. The van der Waals surface area contributed by atoms with E-state index in [-0.39, 0.29) is 5.91 Å². The Morgan fingerprint density at radius 2 is 1.54 bits per heavy atom. The molecule has 3 N–H and O–H groups in total. The van der Waals surface area contributed by atoms with Crippen molar-refractivity contribution in [2.75, 3.05) is 5.32 Å². The van der Waals surface area contributed by atoms with Crippen molar-refractivity contribution in [2.45, 2.75) is 20.8 Å². The van der Waals surface area contributed by atoms with Gasteiger partial charge < -0.3 is 5.32 Å². The van der Waals surface area contributed by atoms with Gasteiger partial charge >= 0.3 is 0 Å². The lowest BCUT2D eigenvalue weighted by Crippen LogP contribution is -2.13. The molecule has 0 atom stereocenters. The van der Waals surface area contributed by atoms with E-state index in [0.717, 1.165) is 33.8 Å². The molecule has 0 bridgehead atoms. The van der Waals surface area contributed by atoms with Crippen molar-refractivity contribution >= 4 is 11.6 Å². The van der Waals surface area contributed by atoms with Crippen LogP contribution in [0.25, 0.3) is 22.5 Å². The summed E-state index contributed by atoms with van der Waals surface area (Å²) in [7, 11) is 0. The number of nitrogens with one attached hydrogen (secondary N) is 3. The Morgan fingerprint density at radius 3 is 2.25 bits per heavy atom. The van der Waals surface area contributed by atoms with Crippen LogP contribution in [0.2, 0.25) is 0 Å². The SMILES string of the molecule is Cc1ccc(-c2cc(C(=O)Nc3ccc(C)cc3-c3cc(C)[nH]n3)[nH]n2)cc1. The van der Waals surface area contributed by atoms with Gasteiger partial charge in [0.05, 0.1) is 17.1 Å². The largest absolute Gasteiger partial charge is 0.320 e. The number of rotatable bonds is 4. The molecule has 0 radical (unpaired) electrons. The maximum atomic E-state index is 12.8. The first-order valence-corrected chi connectivity index (χ1v) is 9.06. The van der Waals surface area contributed by atoms with Gasteiger partial charge in [-0.05, 0) is 45.0 Å². The van der Waals surface area contributed by atoms with E-state index < -0.39 is 0 Å². The van der Waals surface area contributed by atoms with Gasteiger partial charge in [0, 0.05) is 16.8 Å². The zero-order valence-electron chi connectivity index (χ0n) is 16.0. The van der Waals surface area contributed by atoms with Gasteiger partial charge in [0.2, 0.25) is 0 Å². The smallest absolute Gasteiger partial charge is 0.273 e. The highest BCUT2D eigenvalue weighted by molar-refractivity contribution is 6.05. The maximum Gasteiger partial charge on any atom is 0.273 e. The second kappa shape index (κ2) is 7.15. The van der Waals surface area contributed by atoms with Crippen LogP contribution >= 0.6 is 0 Å². The van der Waals surface area contributed by atoms with Gasteiger partial charge in [-0.15, -0.1) is 0 Å². The molecule has 4 aromatic rings. The number of hydrogen-bond acceptors (Lipinski definition) is 3. The van der Waals surface area contributed by atoms with Crippen molar-refractivity contribution in [3.05, 3.63) is 77.1 Å². The summed E-state index contributed by atoms with van der Waals surface area (Å²) in [5.41, 5.74) is 7.70. The molecule has 0 spiro atoms. The van der Waals surface area contributed by atoms with Gasteiger partial charge in [0.15, 0.2) is 0 Å². The zero-order chi connectivity index (χ0) is 19.7. The second-order valence-corrected chi connectivity index (χ2v) is 6.97. The number of anilines is 1. The van der Waals surface area contributed by atoms with Gasteiger partial charge in [0.1, 0.15) is 5.69 Å². The Hall–Kier alpha value is -3.67. The third-order valence-corrected chi connectivity index (χ3v) is 4.57. The summed E-state index contributed by atoms with van der Waals surface area (Å²) in [4.78, 5) is 12.8. The molecule has 4 rings (SSSR count). The first-order valence-electron chi connectivity index (χ1n) is 9.06. The molecule has 0 fully saturated rings. The van der Waals surface area contributed by atoms with Crippen LogP contribution in [0.3, 0.4) is 0 Å². The molecule has 0 saturated carbocycles. The molecule has 0 unspecified atom stereocenters. The zero-order valence-corrected chi connectivity index (χ0v) is 16.0. The number of carbonyl (C=O) groups excluding carboxylic acids is 1. The molecule has 2 aromatic heterocycles. The number of aromatic nitrogens is 4. The van der Waals surface area contributed by atoms with Crippen LogP contribution in [0.5, 0.6) is 0 Å². The van der Waals surface area contributed by atoms with Gasteiger partial charge in [-0.1, -0.05) is 41.5 Å². The summed E-state index contributed by atoms with van der Waals surface area (Å²) >= 11 is 0. The van der Waals surface area contributed by atoms with Crippen LogP contribution in [0.15, 0.2) is 54.6 Å². The van der Waals surface area contributed by atoms with Crippen molar-refractivity contribution in [1.29, 1.82) is 0 Å². The number of aromatic amines is 2. The summed E-state index contributed by atoms with van der Waals surface area (Å²) in [5.74, 6) is -0.247. The molecule has 0 aliphatic heterocycles. The van der Waals surface area contributed by atoms with Crippen LogP contribution < -0.4 is 5.32 Å². The molecule has 2 aromatic carbocycles. The third kappa shape index (κ3) is 3.57. The van der Waals surface area contributed by atoms with E-state index in [4.69, 9.17) is 0 Å². The number of hydrogen-bond donors (Lipinski definition) is 3. The van der Waals surface area contributed by atoms with E-state index in [2.05, 4.69) is 25.7 Å². The minimum Gasteiger partial charge on any atom is -0.320 e. The van der Waals surface area contributed by atoms with E-state index in [1.165, 1.54) is 5.56 Å². The highest BCUT2D eigenvalue weighted by Gasteiger charge is 2.15. The number of H-pyrrole nitrogens is 2. The molecular formula is C22H21N5O. The number of amides is 1. The maximum absolute atomic E-state index is 12.8. The quantitative estimate of drug-likeness (QED) is 0.488. The van der Waals surface area contributed by atoms with E-state index in [9.17, 15) is 4.79 Å². The van der Waals surface area contributed by atoms with E-state index >= 15 is 0 Å². The molecular weight excluding hydrogens is 350 g/mol. The van der Waals surface area contributed by atoms with Crippen LogP contribution in [0, 0.1) is 20.8 Å². The summed E-state index contributed by atoms with van der Waals surface area (Å²) < 4.78 is 0. The van der Waals surface area contributed by atoms with Gasteiger partial charge in [-0.25, -0.2) is 0 Å². The highest BCUT2D eigenvalue weighted by atomic mass is 16.1. The summed E-state index contributed by atoms with van der Waals surface area (Å²) in [5, 5.41) is 17.3. The van der Waals surface area contributed by atoms with E-state index in [1.54, 1.807) is 6.07 Å². The highest BCUT2D eigenvalue weighted by Crippen LogP contribution is 2.28. The normalized spacial score (nSPS) is 10.8. The molecule has 0 saturated heterocycles. The lowest BCUT2D eigenvalue weighted by molar-refractivity contribution is 0.102. The van der Waals surface area contributed by atoms with Crippen LogP contribution in [0.1, 0.15) is 27.3 Å². The lowest BCUT2D eigenvalue weighted by Gasteiger charge is -2.10. The predicted octanol–water partition coefficient (Wildman–Crippen LogP) is 4.64. The molecule has 2 heterocycles. The fourth-order valence-corrected chi connectivity index (χ4v) is 3.03. The Bertz CT molecular complexity index is 1140. The van der Waals surface area contributed by atoms with Crippen molar-refractivity contribution in [3.8, 4) is 22.5 Å². The molecule has 0 aliphatic rings. The Morgan fingerprint density at radius 1 is 0.821 bits per heavy atom. The monoisotopic (exact) mass is 371 g/mol. The fraction of sp³-hybridized carbons (Fsp3) is 0.136. The minimum absolute atomic E-state index is 0.247. The second-order valence-electron chi connectivity index (χ2n) is 6.97. The van der Waals surface area contributed by atoms with Gasteiger partial charge in [0.25, 0.3) is 5.91 Å². The summed E-state index contributed by atoms with van der Waals surface area (Å²) in [6, 6.07) is 17.6. The van der Waals surface area contributed by atoms with E-state index in [1.807, 2.05) is 69.3 Å². The number of benzene rings is 2. The van der Waals surface area contributed by atoms with Crippen molar-refractivity contribution in [1.82, 2.24) is 20.4 Å². The average molecular weight is 371 g/mol. The molecule has 6 heteroatoms. The molecule has 140 valence electrons. The Kier molecular flexibility index (Phi) is 4.53. The standard InChI is InChI=1S/C22H21N5O/c1-13-4-7-16(8-5-13)19-12-21(27-25-19)22(28)23-18-9-6-14(2)10-17(18)20-11-15(3)24-26-20/h4-12H,1-3H3,(H,23,28)(H,24,26)(H,25,27). The van der Waals surface area contributed by atoms with E-state index in [0.29, 0.717) is 11.4 Å². The Balaban J connectivity index is 1.60. The first-order chi connectivity index (χ1) is 13.5. The number of aryl methyl sites for hydroxylation is 3. The Labute approximate surface area is 163 Å². The van der Waals surface area contributed by atoms with Crippen molar-refractivity contribution < 1.29 is 4.79 Å². The molecule has 6 nitrogen and oxygen atoms in total. The fourth-order valence-electron chi connectivity index (χ4n) is 3.03. The lowest BCUT2D eigenvalue weighted by atomic mass is 10.1. The number of nitrogens with zero attached hydrogens (tertiary/aromatic N) is 2. The molecule has 0 aliphatic carbocycles. The molecule has 28 heavy (non-hydrogen) atoms. The topological polar surface area (TPSA) is 86.5 Å². The van der Waals surface area contributed by atoms with Crippen molar-refractivity contribution in [3.63, 3.8) is 0 Å². The molecule has 1 amide bonds. The minimum atomic E-state index is -0.247. The van der Waals surface area contributed by atoms with Crippen LogP contribution in [0.4, 0.5) is 5.69 Å². The van der Waals surface area contributed by atoms with Crippen molar-refractivity contribution in [2.24, 2.45) is 0 Å². The first kappa shape index (κ1) is 17.7. The number of carbonyl (C=O) groups is 1. The predicted molar refractivity (Wildman–Crippen MR) is 110 cm³/mol. The van der Waals surface area contributed by atoms with Gasteiger partial charge in [-0.3, -0.25) is 15.0 Å². The average Bonchev–Trinajstić information content (AvgIpc) is 3.33. The van der Waals surface area contributed by atoms with Gasteiger partial charge in [-0.2, -0.15) is 10.2 Å². The third-order valence-electron chi connectivity index (χ3n) is 4.57.